The first-order chi connectivity index (χ1) is 13.3. The Morgan fingerprint density at radius 2 is 1.68 bits per heavy atom. The number of rotatable bonds is 4. The summed E-state index contributed by atoms with van der Waals surface area (Å²) in [5.74, 6) is -2.50. The highest BCUT2D eigenvalue weighted by Crippen LogP contribution is 2.17. The summed E-state index contributed by atoms with van der Waals surface area (Å²) in [7, 11) is 0. The van der Waals surface area contributed by atoms with Gasteiger partial charge in [0.05, 0.1) is 18.9 Å². The number of carboxylic acid groups (broad SMARTS) is 1. The van der Waals surface area contributed by atoms with Crippen molar-refractivity contribution < 1.29 is 39.2 Å². The Bertz CT molecular complexity index is 530. The van der Waals surface area contributed by atoms with Crippen molar-refractivity contribution in [3.05, 3.63) is 12.2 Å². The van der Waals surface area contributed by atoms with Crippen LogP contribution in [0.25, 0.3) is 0 Å². The molecule has 8 heteroatoms. The molecule has 0 aromatic carbocycles. The van der Waals surface area contributed by atoms with E-state index in [-0.39, 0.29) is 12.8 Å². The summed E-state index contributed by atoms with van der Waals surface area (Å²) in [6.07, 6.45) is 4.58. The van der Waals surface area contributed by atoms with E-state index in [4.69, 9.17) is 14.6 Å². The second kappa shape index (κ2) is 13.3. The number of hydrogen-bond donors (Lipinski definition) is 3. The van der Waals surface area contributed by atoms with Crippen LogP contribution in [0.2, 0.25) is 0 Å². The van der Waals surface area contributed by atoms with Crippen LogP contribution in [-0.2, 0) is 23.9 Å². The molecule has 0 bridgehead atoms. The van der Waals surface area contributed by atoms with Crippen molar-refractivity contribution in [1.29, 1.82) is 0 Å². The molecule has 0 radical (unpaired) electrons. The Morgan fingerprint density at radius 1 is 1.07 bits per heavy atom. The zero-order valence-corrected chi connectivity index (χ0v) is 16.4. The van der Waals surface area contributed by atoms with E-state index in [0.717, 1.165) is 44.6 Å². The summed E-state index contributed by atoms with van der Waals surface area (Å²) < 4.78 is 10.4. The van der Waals surface area contributed by atoms with E-state index in [9.17, 15) is 24.6 Å². The summed E-state index contributed by atoms with van der Waals surface area (Å²) in [6.45, 7) is 1.61. The molecule has 28 heavy (non-hydrogen) atoms. The molecular formula is C20H32O8. The number of carbonyl (C=O) groups is 3. The highest BCUT2D eigenvalue weighted by atomic mass is 16.6. The van der Waals surface area contributed by atoms with E-state index >= 15 is 0 Å². The van der Waals surface area contributed by atoms with Crippen LogP contribution in [0.5, 0.6) is 0 Å². The number of hydrogen-bond acceptors (Lipinski definition) is 7. The first-order valence-corrected chi connectivity index (χ1v) is 9.95. The predicted molar refractivity (Wildman–Crippen MR) is 100 cm³/mol. The van der Waals surface area contributed by atoms with Crippen LogP contribution < -0.4 is 0 Å². The molecule has 0 aromatic heterocycles. The van der Waals surface area contributed by atoms with Crippen molar-refractivity contribution in [2.24, 2.45) is 0 Å². The summed E-state index contributed by atoms with van der Waals surface area (Å²) in [4.78, 5) is 34.3. The molecule has 160 valence electrons. The average molecular weight is 400 g/mol. The van der Waals surface area contributed by atoms with Gasteiger partial charge in [0.2, 0.25) is 0 Å². The van der Waals surface area contributed by atoms with Crippen molar-refractivity contribution in [1.82, 2.24) is 0 Å². The third-order valence-electron chi connectivity index (χ3n) is 4.72. The Balaban J connectivity index is 2.74. The lowest BCUT2D eigenvalue weighted by Gasteiger charge is -2.22. The monoisotopic (exact) mass is 400 g/mol. The molecule has 1 aliphatic heterocycles. The Hall–Kier alpha value is -1.93. The van der Waals surface area contributed by atoms with Crippen LogP contribution in [0, 0.1) is 0 Å². The molecule has 0 spiro atoms. The fourth-order valence-corrected chi connectivity index (χ4v) is 2.98. The molecule has 4 atom stereocenters. The van der Waals surface area contributed by atoms with Crippen LogP contribution in [0.3, 0.4) is 0 Å². The molecule has 1 rings (SSSR count). The molecule has 3 N–H and O–H groups in total. The van der Waals surface area contributed by atoms with E-state index < -0.39 is 42.3 Å². The fraction of sp³-hybridized carbons (Fsp3) is 0.750. The summed E-state index contributed by atoms with van der Waals surface area (Å²) in [5, 5.41) is 29.0. The molecule has 0 fully saturated rings. The zero-order chi connectivity index (χ0) is 20.9. The average Bonchev–Trinajstić information content (AvgIpc) is 2.64. The predicted octanol–water partition coefficient (Wildman–Crippen LogP) is 2.11. The zero-order valence-electron chi connectivity index (χ0n) is 16.4. The van der Waals surface area contributed by atoms with E-state index in [1.165, 1.54) is 6.08 Å². The number of ether oxygens (including phenoxy) is 2. The Kier molecular flexibility index (Phi) is 11.4. The van der Waals surface area contributed by atoms with Crippen LogP contribution in [0.1, 0.15) is 71.1 Å². The second-order valence-corrected chi connectivity index (χ2v) is 7.18. The van der Waals surface area contributed by atoms with Crippen LogP contribution in [0.4, 0.5) is 0 Å². The van der Waals surface area contributed by atoms with E-state index in [1.807, 2.05) is 0 Å². The fourth-order valence-electron chi connectivity index (χ4n) is 2.98. The second-order valence-electron chi connectivity index (χ2n) is 7.18. The van der Waals surface area contributed by atoms with Gasteiger partial charge < -0.3 is 24.8 Å². The molecule has 1 aliphatic rings. The van der Waals surface area contributed by atoms with Gasteiger partial charge in [-0.2, -0.15) is 0 Å². The van der Waals surface area contributed by atoms with Gasteiger partial charge in [-0.3, -0.25) is 9.59 Å². The van der Waals surface area contributed by atoms with Gasteiger partial charge in [-0.05, 0) is 32.3 Å². The molecule has 0 saturated carbocycles. The number of aliphatic carboxylic acids is 1. The number of carbonyl (C=O) groups excluding carboxylic acids is 2. The maximum atomic E-state index is 11.9. The molecule has 0 saturated heterocycles. The topological polar surface area (TPSA) is 130 Å². The third kappa shape index (κ3) is 10.4. The van der Waals surface area contributed by atoms with Gasteiger partial charge in [-0.15, -0.1) is 0 Å². The lowest BCUT2D eigenvalue weighted by Crippen LogP contribution is -2.31. The number of aliphatic hydroxyl groups is 2. The van der Waals surface area contributed by atoms with Crippen molar-refractivity contribution in [3.63, 3.8) is 0 Å². The Labute approximate surface area is 165 Å². The SMILES string of the molecule is C[C@H]1OC(=O)/C=C/[C@@H](O)[C@H](OC(=O)CCC(=O)O)CCCCCCCC[C@@H]1O. The van der Waals surface area contributed by atoms with Gasteiger partial charge in [0.25, 0.3) is 0 Å². The van der Waals surface area contributed by atoms with Crippen LogP contribution in [-0.4, -0.2) is 57.6 Å². The largest absolute Gasteiger partial charge is 0.481 e. The van der Waals surface area contributed by atoms with Crippen LogP contribution in [0.15, 0.2) is 12.2 Å². The normalized spacial score (nSPS) is 29.5. The first kappa shape index (κ1) is 24.1. The minimum absolute atomic E-state index is 0.278. The number of carboxylic acids is 1. The molecule has 0 aliphatic carbocycles. The maximum Gasteiger partial charge on any atom is 0.330 e. The summed E-state index contributed by atoms with van der Waals surface area (Å²) in [5.41, 5.74) is 0. The minimum atomic E-state index is -1.21. The van der Waals surface area contributed by atoms with E-state index in [1.54, 1.807) is 6.92 Å². The van der Waals surface area contributed by atoms with Gasteiger partial charge in [-0.1, -0.05) is 32.1 Å². The van der Waals surface area contributed by atoms with Crippen molar-refractivity contribution in [2.75, 3.05) is 0 Å². The maximum absolute atomic E-state index is 11.9. The van der Waals surface area contributed by atoms with E-state index in [0.29, 0.717) is 12.8 Å². The van der Waals surface area contributed by atoms with Crippen LogP contribution >= 0.6 is 0 Å². The molecule has 0 unspecified atom stereocenters. The first-order valence-electron chi connectivity index (χ1n) is 9.95. The van der Waals surface area contributed by atoms with Gasteiger partial charge >= 0.3 is 17.9 Å². The van der Waals surface area contributed by atoms with Crippen molar-refractivity contribution in [2.45, 2.75) is 95.5 Å². The van der Waals surface area contributed by atoms with Gasteiger partial charge in [0.15, 0.2) is 0 Å². The van der Waals surface area contributed by atoms with Crippen molar-refractivity contribution in [3.8, 4) is 0 Å². The lowest BCUT2D eigenvalue weighted by atomic mass is 10.0. The van der Waals surface area contributed by atoms with Gasteiger partial charge in [-0.25, -0.2) is 4.79 Å². The molecule has 1 heterocycles. The highest BCUT2D eigenvalue weighted by molar-refractivity contribution is 5.82. The molecule has 0 aromatic rings. The van der Waals surface area contributed by atoms with E-state index in [2.05, 4.69) is 0 Å². The standard InChI is InChI=1S/C20H32O8/c1-14-15(21)8-6-4-2-3-5-7-9-17(16(22)10-12-19(25)27-14)28-20(26)13-11-18(23)24/h10,12,14-17,21-22H,2-9,11,13H2,1H3,(H,23,24)/b12-10+/t14-,15+,16-,17-/m1/s1. The Morgan fingerprint density at radius 3 is 2.32 bits per heavy atom. The highest BCUT2D eigenvalue weighted by Gasteiger charge is 2.23. The van der Waals surface area contributed by atoms with Gasteiger partial charge in [0, 0.05) is 6.08 Å². The third-order valence-corrected chi connectivity index (χ3v) is 4.72. The molecular weight excluding hydrogens is 368 g/mol. The number of aliphatic hydroxyl groups excluding tert-OH is 2. The minimum Gasteiger partial charge on any atom is -0.481 e. The summed E-state index contributed by atoms with van der Waals surface area (Å²) in [6, 6.07) is 0. The quantitative estimate of drug-likeness (QED) is 0.612. The van der Waals surface area contributed by atoms with Crippen molar-refractivity contribution >= 4 is 17.9 Å². The number of cyclic esters (lactones) is 1. The summed E-state index contributed by atoms with van der Waals surface area (Å²) >= 11 is 0. The lowest BCUT2D eigenvalue weighted by molar-refractivity contribution is -0.156. The number of esters is 2. The smallest absolute Gasteiger partial charge is 0.330 e. The molecule has 0 amide bonds. The molecule has 8 nitrogen and oxygen atoms in total. The van der Waals surface area contributed by atoms with Gasteiger partial charge in [0.1, 0.15) is 18.3 Å².